The van der Waals surface area contributed by atoms with Gasteiger partial charge < -0.3 is 15.2 Å². The Bertz CT molecular complexity index is 814. The first-order chi connectivity index (χ1) is 14.5. The average Bonchev–Trinajstić information content (AvgIpc) is 2.70. The Morgan fingerprint density at radius 2 is 1.73 bits per heavy atom. The lowest BCUT2D eigenvalue weighted by molar-refractivity contribution is -0.0119. The van der Waals surface area contributed by atoms with Gasteiger partial charge in [-0.15, -0.1) is 0 Å². The van der Waals surface area contributed by atoms with Gasteiger partial charge in [-0.2, -0.15) is 0 Å². The largest absolute Gasteiger partial charge is 0.349 e. The molecule has 0 atom stereocenters. The van der Waals surface area contributed by atoms with Crippen LogP contribution in [0.3, 0.4) is 0 Å². The van der Waals surface area contributed by atoms with Crippen LogP contribution in [-0.4, -0.2) is 60.0 Å². The molecule has 6 heteroatoms. The van der Waals surface area contributed by atoms with E-state index in [0.29, 0.717) is 24.4 Å². The fourth-order valence-electron chi connectivity index (χ4n) is 7.01. The normalized spacial score (nSPS) is 33.9. The third-order valence-corrected chi connectivity index (χ3v) is 8.47. The molecule has 5 fully saturated rings. The van der Waals surface area contributed by atoms with E-state index in [1.54, 1.807) is 6.07 Å². The highest BCUT2D eigenvalue weighted by Gasteiger charge is 2.48. The second-order valence-corrected chi connectivity index (χ2v) is 10.6. The summed E-state index contributed by atoms with van der Waals surface area (Å²) in [6, 6.07) is 4.45. The molecular weight excluding hydrogens is 376 g/mol. The molecule has 164 valence electrons. The molecule has 6 rings (SSSR count). The highest BCUT2D eigenvalue weighted by molar-refractivity contribution is 5.94. The number of nitrogens with zero attached hydrogens (tertiary/aromatic N) is 2. The van der Waals surface area contributed by atoms with E-state index in [4.69, 9.17) is 0 Å². The van der Waals surface area contributed by atoms with E-state index in [9.17, 15) is 9.59 Å². The highest BCUT2D eigenvalue weighted by atomic mass is 16.2. The maximum atomic E-state index is 12.9. The van der Waals surface area contributed by atoms with Crippen molar-refractivity contribution in [2.75, 3.05) is 27.2 Å². The van der Waals surface area contributed by atoms with E-state index in [0.717, 1.165) is 43.5 Å². The molecule has 4 saturated carbocycles. The van der Waals surface area contributed by atoms with Gasteiger partial charge in [0.2, 0.25) is 0 Å². The Labute approximate surface area is 179 Å². The number of nitrogens with one attached hydrogen (secondary N) is 2. The summed E-state index contributed by atoms with van der Waals surface area (Å²) in [5.74, 6) is 2.80. The van der Waals surface area contributed by atoms with Gasteiger partial charge in [-0.1, -0.05) is 0 Å². The number of carbonyl (C=O) groups is 1. The van der Waals surface area contributed by atoms with Crippen LogP contribution in [0.2, 0.25) is 0 Å². The number of carbonyl (C=O) groups excluding carboxylic acids is 1. The molecule has 2 N–H and O–H groups in total. The number of rotatable bonds is 5. The van der Waals surface area contributed by atoms with Gasteiger partial charge >= 0.3 is 0 Å². The van der Waals surface area contributed by atoms with Crippen molar-refractivity contribution < 1.29 is 4.79 Å². The minimum Gasteiger partial charge on any atom is -0.349 e. The van der Waals surface area contributed by atoms with Crippen molar-refractivity contribution in [1.29, 1.82) is 0 Å². The standard InChI is InChI=1S/C24H36N4O2/c1-27-7-5-20(6-8-27)28(2)14-19-3-4-21(23(29)25-19)24(30)26-22-17-10-15-9-16(12-17)13-18(22)11-15/h3-4,15-18,20,22H,5-14H2,1-2H3,(H,25,29)(H,26,30). The van der Waals surface area contributed by atoms with Crippen LogP contribution in [0.4, 0.5) is 0 Å². The van der Waals surface area contributed by atoms with Crippen molar-refractivity contribution in [1.82, 2.24) is 20.1 Å². The van der Waals surface area contributed by atoms with Crippen LogP contribution >= 0.6 is 0 Å². The summed E-state index contributed by atoms with van der Waals surface area (Å²) < 4.78 is 0. The predicted octanol–water partition coefficient (Wildman–Crippen LogP) is 2.46. The number of H-pyrrole nitrogens is 1. The first-order valence-corrected chi connectivity index (χ1v) is 11.9. The lowest BCUT2D eigenvalue weighted by atomic mass is 9.54. The van der Waals surface area contributed by atoms with Gasteiger partial charge in [-0.05, 0) is 108 Å². The van der Waals surface area contributed by atoms with Gasteiger partial charge in [-0.3, -0.25) is 14.5 Å². The number of pyridine rings is 1. The van der Waals surface area contributed by atoms with Crippen LogP contribution in [0.1, 0.15) is 61.0 Å². The summed E-state index contributed by atoms with van der Waals surface area (Å²) in [6.07, 6.45) is 8.76. The molecule has 2 heterocycles. The van der Waals surface area contributed by atoms with Crippen molar-refractivity contribution in [2.24, 2.45) is 23.7 Å². The predicted molar refractivity (Wildman–Crippen MR) is 117 cm³/mol. The Morgan fingerprint density at radius 3 is 2.33 bits per heavy atom. The Hall–Kier alpha value is -1.66. The number of hydrogen-bond donors (Lipinski definition) is 2. The number of piperidine rings is 1. The van der Waals surface area contributed by atoms with Crippen molar-refractivity contribution in [3.63, 3.8) is 0 Å². The fourth-order valence-corrected chi connectivity index (χ4v) is 7.01. The van der Waals surface area contributed by atoms with Crippen molar-refractivity contribution in [3.05, 3.63) is 33.7 Å². The molecule has 4 aliphatic carbocycles. The van der Waals surface area contributed by atoms with Gasteiger partial charge in [0.1, 0.15) is 5.56 Å². The Kier molecular flexibility index (Phi) is 5.48. The first-order valence-electron chi connectivity index (χ1n) is 11.9. The van der Waals surface area contributed by atoms with Crippen LogP contribution in [0.25, 0.3) is 0 Å². The van der Waals surface area contributed by atoms with E-state index >= 15 is 0 Å². The molecule has 1 aromatic heterocycles. The van der Waals surface area contributed by atoms with E-state index in [1.807, 2.05) is 6.07 Å². The van der Waals surface area contributed by atoms with E-state index in [-0.39, 0.29) is 23.1 Å². The van der Waals surface area contributed by atoms with Gasteiger partial charge in [0.25, 0.3) is 11.5 Å². The molecule has 0 spiro atoms. The van der Waals surface area contributed by atoms with E-state index in [2.05, 4.69) is 34.2 Å². The number of aromatic amines is 1. The third kappa shape index (κ3) is 3.96. The molecule has 30 heavy (non-hydrogen) atoms. The summed E-state index contributed by atoms with van der Waals surface area (Å²) in [7, 11) is 4.29. The zero-order valence-corrected chi connectivity index (χ0v) is 18.4. The molecule has 4 bridgehead atoms. The SMILES string of the molecule is CN1CCC(N(C)Cc2ccc(C(=O)NC3C4CC5CC(C4)CC3C5)c(=O)[nH]2)CC1. The summed E-state index contributed by atoms with van der Waals surface area (Å²) in [6.45, 7) is 2.95. The summed E-state index contributed by atoms with van der Waals surface area (Å²) in [5, 5.41) is 3.26. The molecule has 0 radical (unpaired) electrons. The second-order valence-electron chi connectivity index (χ2n) is 10.6. The highest BCUT2D eigenvalue weighted by Crippen LogP contribution is 2.53. The van der Waals surface area contributed by atoms with Crippen molar-refractivity contribution in [2.45, 2.75) is 63.6 Å². The van der Waals surface area contributed by atoms with Crippen LogP contribution in [0.5, 0.6) is 0 Å². The zero-order valence-electron chi connectivity index (χ0n) is 18.4. The maximum Gasteiger partial charge on any atom is 0.261 e. The van der Waals surface area contributed by atoms with Crippen LogP contribution in [0.15, 0.2) is 16.9 Å². The quantitative estimate of drug-likeness (QED) is 0.780. The number of hydrogen-bond acceptors (Lipinski definition) is 4. The smallest absolute Gasteiger partial charge is 0.261 e. The lowest BCUT2D eigenvalue weighted by Gasteiger charge is -2.54. The minimum absolute atomic E-state index is 0.191. The molecule has 0 unspecified atom stereocenters. The summed E-state index contributed by atoms with van der Waals surface area (Å²) >= 11 is 0. The van der Waals surface area contributed by atoms with Crippen LogP contribution in [0, 0.1) is 23.7 Å². The number of aromatic nitrogens is 1. The summed E-state index contributed by atoms with van der Waals surface area (Å²) in [4.78, 5) is 33.3. The third-order valence-electron chi connectivity index (χ3n) is 8.47. The van der Waals surface area contributed by atoms with E-state index in [1.165, 1.54) is 32.1 Å². The first kappa shape index (κ1) is 20.3. The molecule has 1 saturated heterocycles. The Balaban J connectivity index is 1.21. The van der Waals surface area contributed by atoms with Gasteiger partial charge in [-0.25, -0.2) is 0 Å². The van der Waals surface area contributed by atoms with Gasteiger partial charge in [0, 0.05) is 24.3 Å². The molecule has 1 amide bonds. The molecule has 5 aliphatic rings. The average molecular weight is 413 g/mol. The molecule has 1 aromatic rings. The van der Waals surface area contributed by atoms with Crippen molar-refractivity contribution >= 4 is 5.91 Å². The number of likely N-dealkylation sites (tertiary alicyclic amines) is 1. The lowest BCUT2D eigenvalue weighted by Crippen LogP contribution is -2.56. The maximum absolute atomic E-state index is 12.9. The minimum atomic E-state index is -0.259. The molecule has 6 nitrogen and oxygen atoms in total. The zero-order chi connectivity index (χ0) is 20.8. The van der Waals surface area contributed by atoms with E-state index < -0.39 is 0 Å². The van der Waals surface area contributed by atoms with Crippen LogP contribution in [-0.2, 0) is 6.54 Å². The van der Waals surface area contributed by atoms with Crippen molar-refractivity contribution in [3.8, 4) is 0 Å². The molecular formula is C24H36N4O2. The number of amides is 1. The topological polar surface area (TPSA) is 68.4 Å². The van der Waals surface area contributed by atoms with Gasteiger partial charge in [0.15, 0.2) is 0 Å². The second kappa shape index (κ2) is 8.12. The fraction of sp³-hybridized carbons (Fsp3) is 0.750. The summed E-state index contributed by atoms with van der Waals surface area (Å²) in [5.41, 5.74) is 0.882. The monoisotopic (exact) mass is 412 g/mol. The van der Waals surface area contributed by atoms with Gasteiger partial charge in [0.05, 0.1) is 0 Å². The molecule has 1 aliphatic heterocycles. The van der Waals surface area contributed by atoms with Crippen LogP contribution < -0.4 is 10.9 Å². The Morgan fingerprint density at radius 1 is 1.10 bits per heavy atom. The molecule has 0 aromatic carbocycles.